The van der Waals surface area contributed by atoms with Gasteiger partial charge in [0.1, 0.15) is 5.82 Å². The van der Waals surface area contributed by atoms with Crippen LogP contribution in [-0.4, -0.2) is 34.7 Å². The summed E-state index contributed by atoms with van der Waals surface area (Å²) < 4.78 is 13.8. The van der Waals surface area contributed by atoms with E-state index >= 15 is 0 Å². The van der Waals surface area contributed by atoms with Gasteiger partial charge < -0.3 is 9.80 Å². The summed E-state index contributed by atoms with van der Waals surface area (Å²) >= 11 is 0. The molecule has 1 aliphatic heterocycles. The molecule has 0 radical (unpaired) electrons. The Hall–Kier alpha value is -3.98. The van der Waals surface area contributed by atoms with Crippen LogP contribution in [-0.2, 0) is 17.9 Å². The van der Waals surface area contributed by atoms with Crippen molar-refractivity contribution in [3.8, 4) is 6.07 Å². The number of amides is 2. The van der Waals surface area contributed by atoms with E-state index in [2.05, 4.69) is 6.07 Å². The quantitative estimate of drug-likeness (QED) is 0.505. The molecule has 3 aromatic carbocycles. The first-order chi connectivity index (χ1) is 16.9. The highest BCUT2D eigenvalue weighted by atomic mass is 19.1. The Morgan fingerprint density at radius 3 is 2.43 bits per heavy atom. The number of halogens is 1. The molecule has 6 heteroatoms. The summed E-state index contributed by atoms with van der Waals surface area (Å²) in [6.07, 6.45) is 1.45. The Bertz CT molecular complexity index is 1230. The third-order valence-electron chi connectivity index (χ3n) is 6.39. The predicted octanol–water partition coefficient (Wildman–Crippen LogP) is 5.09. The topological polar surface area (TPSA) is 64.4 Å². The lowest BCUT2D eigenvalue weighted by molar-refractivity contribution is -0.138. The highest BCUT2D eigenvalue weighted by Gasteiger charge is 2.32. The van der Waals surface area contributed by atoms with Gasteiger partial charge in [-0.3, -0.25) is 9.59 Å². The first-order valence-electron chi connectivity index (χ1n) is 11.8. The van der Waals surface area contributed by atoms with Gasteiger partial charge >= 0.3 is 0 Å². The number of likely N-dealkylation sites (tertiary alicyclic amines) is 1. The number of aryl methyl sites for hydroxylation is 1. The second-order valence-corrected chi connectivity index (χ2v) is 9.09. The van der Waals surface area contributed by atoms with E-state index in [9.17, 15) is 14.0 Å². The number of piperidine rings is 1. The third-order valence-corrected chi connectivity index (χ3v) is 6.39. The molecule has 3 aromatic rings. The molecule has 0 saturated carbocycles. The van der Waals surface area contributed by atoms with Crippen molar-refractivity contribution >= 4 is 11.8 Å². The highest BCUT2D eigenvalue weighted by molar-refractivity contribution is 5.94. The number of rotatable bonds is 6. The smallest absolute Gasteiger partial charge is 0.253 e. The van der Waals surface area contributed by atoms with Crippen LogP contribution >= 0.6 is 0 Å². The lowest BCUT2D eigenvalue weighted by atomic mass is 9.95. The van der Waals surface area contributed by atoms with Crippen molar-refractivity contribution in [1.82, 2.24) is 9.80 Å². The molecule has 0 spiro atoms. The summed E-state index contributed by atoms with van der Waals surface area (Å²) in [7, 11) is 0. The van der Waals surface area contributed by atoms with Gasteiger partial charge in [-0.05, 0) is 67.3 Å². The molecular weight excluding hydrogens is 441 g/mol. The minimum Gasteiger partial charge on any atom is -0.338 e. The number of nitrogens with zero attached hydrogens (tertiary/aromatic N) is 3. The minimum absolute atomic E-state index is 0.0555. The molecule has 0 bridgehead atoms. The van der Waals surface area contributed by atoms with E-state index < -0.39 is 0 Å². The maximum Gasteiger partial charge on any atom is 0.253 e. The summed E-state index contributed by atoms with van der Waals surface area (Å²) in [5.41, 5.74) is 3.85. The van der Waals surface area contributed by atoms with E-state index in [1.165, 1.54) is 12.1 Å². The Morgan fingerprint density at radius 1 is 1.03 bits per heavy atom. The Morgan fingerprint density at radius 2 is 1.74 bits per heavy atom. The van der Waals surface area contributed by atoms with Crippen LogP contribution in [0.5, 0.6) is 0 Å². The first-order valence-corrected chi connectivity index (χ1v) is 11.8. The van der Waals surface area contributed by atoms with E-state index in [4.69, 9.17) is 5.26 Å². The van der Waals surface area contributed by atoms with Crippen molar-refractivity contribution in [1.29, 1.82) is 5.26 Å². The van der Waals surface area contributed by atoms with Crippen molar-refractivity contribution in [2.24, 2.45) is 5.92 Å². The van der Waals surface area contributed by atoms with E-state index in [0.29, 0.717) is 42.7 Å². The molecule has 2 amide bonds. The van der Waals surface area contributed by atoms with Gasteiger partial charge in [0, 0.05) is 31.7 Å². The van der Waals surface area contributed by atoms with Crippen LogP contribution in [0.25, 0.3) is 0 Å². The maximum atomic E-state index is 13.8. The molecule has 1 heterocycles. The van der Waals surface area contributed by atoms with Gasteiger partial charge in [0.15, 0.2) is 0 Å². The first kappa shape index (κ1) is 24.2. The fraction of sp³-hybridized carbons (Fsp3) is 0.276. The van der Waals surface area contributed by atoms with Gasteiger partial charge in [-0.1, -0.05) is 42.0 Å². The van der Waals surface area contributed by atoms with Gasteiger partial charge in [-0.25, -0.2) is 4.39 Å². The Labute approximate surface area is 205 Å². The van der Waals surface area contributed by atoms with E-state index in [1.807, 2.05) is 43.3 Å². The fourth-order valence-electron chi connectivity index (χ4n) is 4.47. The van der Waals surface area contributed by atoms with Crippen LogP contribution in [0.2, 0.25) is 0 Å². The average molecular weight is 470 g/mol. The minimum atomic E-state index is -0.346. The number of benzene rings is 3. The largest absolute Gasteiger partial charge is 0.338 e. The van der Waals surface area contributed by atoms with Crippen LogP contribution in [0, 0.1) is 30.0 Å². The standard InChI is InChI=1S/C29H28FN3O2/c1-21-7-13-25(14-8-21)28(34)32-15-3-5-26(20-32)29(35)33(19-24-4-2-6-27(30)16-24)18-23-11-9-22(17-31)10-12-23/h2,4,6-14,16,26H,3,5,15,18-20H2,1H3. The summed E-state index contributed by atoms with van der Waals surface area (Å²) in [6.45, 7) is 3.56. The molecule has 0 aliphatic carbocycles. The molecule has 0 N–H and O–H groups in total. The van der Waals surface area contributed by atoms with Crippen molar-refractivity contribution in [3.63, 3.8) is 0 Å². The molecule has 1 fully saturated rings. The summed E-state index contributed by atoms with van der Waals surface area (Å²) in [4.78, 5) is 30.3. The van der Waals surface area contributed by atoms with Crippen LogP contribution < -0.4 is 0 Å². The van der Waals surface area contributed by atoms with Crippen molar-refractivity contribution < 1.29 is 14.0 Å². The monoisotopic (exact) mass is 469 g/mol. The molecule has 178 valence electrons. The lowest BCUT2D eigenvalue weighted by Crippen LogP contribution is -2.46. The SMILES string of the molecule is Cc1ccc(C(=O)N2CCCC(C(=O)N(Cc3ccc(C#N)cc3)Cc3cccc(F)c3)C2)cc1. The average Bonchev–Trinajstić information content (AvgIpc) is 2.88. The molecule has 1 aliphatic rings. The highest BCUT2D eigenvalue weighted by Crippen LogP contribution is 2.23. The van der Waals surface area contributed by atoms with Crippen molar-refractivity contribution in [2.45, 2.75) is 32.9 Å². The van der Waals surface area contributed by atoms with E-state index in [1.54, 1.807) is 34.1 Å². The molecule has 0 aromatic heterocycles. The summed E-state index contributed by atoms with van der Waals surface area (Å²) in [6, 6.07) is 22.9. The molecule has 1 saturated heterocycles. The number of nitriles is 1. The van der Waals surface area contributed by atoms with Crippen molar-refractivity contribution in [2.75, 3.05) is 13.1 Å². The molecule has 1 atom stereocenters. The number of carbonyl (C=O) groups is 2. The molecule has 35 heavy (non-hydrogen) atoms. The van der Waals surface area contributed by atoms with E-state index in [-0.39, 0.29) is 30.1 Å². The van der Waals surface area contributed by atoms with Crippen LogP contribution in [0.15, 0.2) is 72.8 Å². The number of hydrogen-bond donors (Lipinski definition) is 0. The Balaban J connectivity index is 1.53. The summed E-state index contributed by atoms with van der Waals surface area (Å²) in [5, 5.41) is 9.07. The summed E-state index contributed by atoms with van der Waals surface area (Å²) in [5.74, 6) is -0.794. The predicted molar refractivity (Wildman–Crippen MR) is 132 cm³/mol. The van der Waals surface area contributed by atoms with Gasteiger partial charge in [-0.2, -0.15) is 5.26 Å². The number of hydrogen-bond acceptors (Lipinski definition) is 3. The van der Waals surface area contributed by atoms with Gasteiger partial charge in [0.25, 0.3) is 5.91 Å². The van der Waals surface area contributed by atoms with Crippen LogP contribution in [0.3, 0.4) is 0 Å². The van der Waals surface area contributed by atoms with Crippen LogP contribution in [0.1, 0.15) is 45.5 Å². The van der Waals surface area contributed by atoms with Crippen molar-refractivity contribution in [3.05, 3.63) is 106 Å². The van der Waals surface area contributed by atoms with Gasteiger partial charge in [0.2, 0.25) is 5.91 Å². The molecular formula is C29H28FN3O2. The normalized spacial score (nSPS) is 15.3. The number of carbonyl (C=O) groups excluding carboxylic acids is 2. The molecule has 5 nitrogen and oxygen atoms in total. The zero-order valence-electron chi connectivity index (χ0n) is 19.8. The van der Waals surface area contributed by atoms with E-state index in [0.717, 1.165) is 17.5 Å². The van der Waals surface area contributed by atoms with Crippen LogP contribution in [0.4, 0.5) is 4.39 Å². The molecule has 1 unspecified atom stereocenters. The fourth-order valence-corrected chi connectivity index (χ4v) is 4.47. The zero-order chi connectivity index (χ0) is 24.8. The second-order valence-electron chi connectivity index (χ2n) is 9.09. The van der Waals surface area contributed by atoms with Gasteiger partial charge in [0.05, 0.1) is 17.6 Å². The maximum absolute atomic E-state index is 13.8. The zero-order valence-corrected chi connectivity index (χ0v) is 19.8. The Kier molecular flexibility index (Phi) is 7.57. The lowest BCUT2D eigenvalue weighted by Gasteiger charge is -2.35. The van der Waals surface area contributed by atoms with Gasteiger partial charge in [-0.15, -0.1) is 0 Å². The third kappa shape index (κ3) is 6.13. The molecule has 4 rings (SSSR count). The second kappa shape index (κ2) is 11.0.